The summed E-state index contributed by atoms with van der Waals surface area (Å²) in [5.41, 5.74) is -2.63. The summed E-state index contributed by atoms with van der Waals surface area (Å²) in [6.07, 6.45) is -4.31. The van der Waals surface area contributed by atoms with E-state index in [0.717, 1.165) is 0 Å². The summed E-state index contributed by atoms with van der Waals surface area (Å²) >= 11 is 0. The molecule has 9 heteroatoms. The van der Waals surface area contributed by atoms with E-state index in [0.29, 0.717) is 5.69 Å². The fourth-order valence-electron chi connectivity index (χ4n) is 1.96. The van der Waals surface area contributed by atoms with E-state index < -0.39 is 30.8 Å². The van der Waals surface area contributed by atoms with Crippen molar-refractivity contribution in [1.29, 1.82) is 0 Å². The Bertz CT molecular complexity index is 566. The second-order valence-electron chi connectivity index (χ2n) is 4.66. The predicted molar refractivity (Wildman–Crippen MR) is 62.5 cm³/mol. The highest BCUT2D eigenvalue weighted by Gasteiger charge is 2.62. The maximum Gasteiger partial charge on any atom is 0.438 e. The van der Waals surface area contributed by atoms with E-state index in [9.17, 15) is 23.1 Å². The zero-order valence-electron chi connectivity index (χ0n) is 10.8. The van der Waals surface area contributed by atoms with Crippen LogP contribution in [0.15, 0.2) is 17.4 Å². The van der Waals surface area contributed by atoms with Gasteiger partial charge in [0.2, 0.25) is 0 Å². The first-order valence-corrected chi connectivity index (χ1v) is 5.80. The molecule has 0 aromatic carbocycles. The van der Waals surface area contributed by atoms with E-state index in [1.807, 2.05) is 0 Å². The van der Waals surface area contributed by atoms with Gasteiger partial charge in [-0.2, -0.15) is 28.4 Å². The van der Waals surface area contributed by atoms with E-state index in [1.165, 1.54) is 17.8 Å². The number of hydrogen-bond donors (Lipinski definition) is 1. The van der Waals surface area contributed by atoms with Gasteiger partial charge < -0.3 is 5.11 Å². The van der Waals surface area contributed by atoms with E-state index in [4.69, 9.17) is 0 Å². The lowest BCUT2D eigenvalue weighted by Crippen LogP contribution is -2.57. The number of amides is 1. The third-order valence-electron chi connectivity index (χ3n) is 3.03. The van der Waals surface area contributed by atoms with Crippen LogP contribution in [0.3, 0.4) is 0 Å². The molecule has 0 spiro atoms. The van der Waals surface area contributed by atoms with Crippen molar-refractivity contribution in [2.24, 2.45) is 5.10 Å². The molecule has 2 rings (SSSR count). The van der Waals surface area contributed by atoms with E-state index in [-0.39, 0.29) is 10.7 Å². The summed E-state index contributed by atoms with van der Waals surface area (Å²) in [5.74, 6) is -0.978. The number of aliphatic hydroxyl groups is 1. The highest BCUT2D eigenvalue weighted by molar-refractivity contribution is 5.89. The normalized spacial score (nSPS) is 23.1. The molecule has 1 aromatic heterocycles. The van der Waals surface area contributed by atoms with Crippen LogP contribution in [0, 0.1) is 6.92 Å². The Morgan fingerprint density at radius 3 is 2.65 bits per heavy atom. The molecular formula is C11H13F3N4O2. The van der Waals surface area contributed by atoms with Crippen LogP contribution >= 0.6 is 0 Å². The topological polar surface area (TPSA) is 70.7 Å². The molecule has 1 atom stereocenters. The lowest BCUT2D eigenvalue weighted by Gasteiger charge is -2.32. The zero-order valence-corrected chi connectivity index (χ0v) is 10.8. The second-order valence-corrected chi connectivity index (χ2v) is 4.66. The Kier molecular flexibility index (Phi) is 3.32. The van der Waals surface area contributed by atoms with E-state index in [1.54, 1.807) is 13.0 Å². The average molecular weight is 290 g/mol. The fraction of sp³-hybridized carbons (Fsp3) is 0.545. The first-order chi connectivity index (χ1) is 9.15. The zero-order chi connectivity index (χ0) is 15.1. The SMILES string of the molecule is CC1=NN(C(=O)Cn2nccc2C)[C@](O)(C(F)(F)F)C1. The monoisotopic (exact) mass is 290 g/mol. The van der Waals surface area contributed by atoms with Crippen LogP contribution in [-0.2, 0) is 11.3 Å². The standard InChI is InChI=1S/C11H13F3N4O2/c1-7-5-10(20,11(12,13)14)18(16-7)9(19)6-17-8(2)3-4-15-17/h3-4,20H,5-6H2,1-2H3/t10-/m1/s1. The lowest BCUT2D eigenvalue weighted by molar-refractivity contribution is -0.302. The first-order valence-electron chi connectivity index (χ1n) is 5.80. The van der Waals surface area contributed by atoms with Gasteiger partial charge >= 0.3 is 6.18 Å². The molecule has 0 saturated carbocycles. The molecule has 6 nitrogen and oxygen atoms in total. The van der Waals surface area contributed by atoms with Crippen molar-refractivity contribution in [3.8, 4) is 0 Å². The Morgan fingerprint density at radius 2 is 2.15 bits per heavy atom. The summed E-state index contributed by atoms with van der Waals surface area (Å²) < 4.78 is 40.1. The summed E-state index contributed by atoms with van der Waals surface area (Å²) in [5, 5.41) is 17.2. The van der Waals surface area contributed by atoms with Crippen molar-refractivity contribution in [2.75, 3.05) is 0 Å². The number of rotatable bonds is 2. The van der Waals surface area contributed by atoms with Crippen LogP contribution in [-0.4, -0.2) is 43.4 Å². The molecule has 0 unspecified atom stereocenters. The van der Waals surface area contributed by atoms with Gasteiger partial charge in [-0.3, -0.25) is 9.48 Å². The van der Waals surface area contributed by atoms with Crippen molar-refractivity contribution in [3.63, 3.8) is 0 Å². The number of hydrazone groups is 1. The van der Waals surface area contributed by atoms with Crippen LogP contribution in [0.5, 0.6) is 0 Å². The smallest absolute Gasteiger partial charge is 0.362 e. The van der Waals surface area contributed by atoms with Gasteiger partial charge in [0.15, 0.2) is 0 Å². The summed E-state index contributed by atoms with van der Waals surface area (Å²) in [6, 6.07) is 1.61. The first kappa shape index (κ1) is 14.5. The molecule has 1 amide bonds. The number of carbonyl (C=O) groups excluding carboxylic acids is 1. The quantitative estimate of drug-likeness (QED) is 0.885. The Hall–Kier alpha value is -1.90. The van der Waals surface area contributed by atoms with Gasteiger partial charge in [-0.1, -0.05) is 0 Å². The number of alkyl halides is 3. The highest BCUT2D eigenvalue weighted by atomic mass is 19.4. The summed E-state index contributed by atoms with van der Waals surface area (Å²) in [4.78, 5) is 12.0. The number of aryl methyl sites for hydroxylation is 1. The molecule has 0 bridgehead atoms. The molecule has 20 heavy (non-hydrogen) atoms. The van der Waals surface area contributed by atoms with E-state index >= 15 is 0 Å². The molecule has 0 radical (unpaired) electrons. The molecule has 1 aliphatic heterocycles. The fourth-order valence-corrected chi connectivity index (χ4v) is 1.96. The van der Waals surface area contributed by atoms with Crippen LogP contribution in [0.2, 0.25) is 0 Å². The van der Waals surface area contributed by atoms with Crippen molar-refractivity contribution in [1.82, 2.24) is 14.8 Å². The van der Waals surface area contributed by atoms with Crippen LogP contribution in [0.25, 0.3) is 0 Å². The molecule has 2 heterocycles. The molecule has 1 N–H and O–H groups in total. The van der Waals surface area contributed by atoms with Gasteiger partial charge in [-0.05, 0) is 19.9 Å². The lowest BCUT2D eigenvalue weighted by atomic mass is 10.1. The van der Waals surface area contributed by atoms with Gasteiger partial charge in [0, 0.05) is 24.0 Å². The van der Waals surface area contributed by atoms with Crippen molar-refractivity contribution < 1.29 is 23.1 Å². The third kappa shape index (κ3) is 2.28. The van der Waals surface area contributed by atoms with E-state index in [2.05, 4.69) is 10.2 Å². The van der Waals surface area contributed by atoms with Crippen molar-refractivity contribution >= 4 is 11.6 Å². The molecule has 0 saturated heterocycles. The number of aromatic nitrogens is 2. The molecule has 0 fully saturated rings. The second kappa shape index (κ2) is 4.58. The van der Waals surface area contributed by atoms with Crippen LogP contribution in [0.1, 0.15) is 19.0 Å². The van der Waals surface area contributed by atoms with Crippen molar-refractivity contribution in [2.45, 2.75) is 38.7 Å². The maximum absolute atomic E-state index is 12.9. The van der Waals surface area contributed by atoms with Gasteiger partial charge in [0.25, 0.3) is 11.6 Å². The Morgan fingerprint density at radius 1 is 1.50 bits per heavy atom. The Labute approximate surface area is 112 Å². The van der Waals surface area contributed by atoms with Gasteiger partial charge in [0.1, 0.15) is 6.54 Å². The number of hydrogen-bond acceptors (Lipinski definition) is 4. The highest BCUT2D eigenvalue weighted by Crippen LogP contribution is 2.40. The predicted octanol–water partition coefficient (Wildman–Crippen LogP) is 1.05. The molecule has 110 valence electrons. The molecule has 0 aliphatic carbocycles. The largest absolute Gasteiger partial charge is 0.438 e. The maximum atomic E-state index is 12.9. The number of nitrogens with zero attached hydrogens (tertiary/aromatic N) is 4. The third-order valence-corrected chi connectivity index (χ3v) is 3.03. The van der Waals surface area contributed by atoms with Crippen molar-refractivity contribution in [3.05, 3.63) is 18.0 Å². The molecular weight excluding hydrogens is 277 g/mol. The van der Waals surface area contributed by atoms with Crippen LogP contribution in [0.4, 0.5) is 13.2 Å². The number of halogens is 3. The minimum Gasteiger partial charge on any atom is -0.362 e. The summed E-state index contributed by atoms with van der Waals surface area (Å²) in [7, 11) is 0. The minimum atomic E-state index is -4.98. The molecule has 1 aromatic rings. The van der Waals surface area contributed by atoms with Gasteiger partial charge in [-0.25, -0.2) is 0 Å². The molecule has 1 aliphatic rings. The minimum absolute atomic E-state index is 0.0374. The van der Waals surface area contributed by atoms with Gasteiger partial charge in [0.05, 0.1) is 0 Å². The average Bonchev–Trinajstić information content (AvgIpc) is 2.83. The number of carbonyl (C=O) groups is 1. The Balaban J connectivity index is 2.26. The van der Waals surface area contributed by atoms with Gasteiger partial charge in [-0.15, -0.1) is 0 Å². The van der Waals surface area contributed by atoms with Crippen LogP contribution < -0.4 is 0 Å². The summed E-state index contributed by atoms with van der Waals surface area (Å²) in [6.45, 7) is 2.56.